The molecule has 0 atom stereocenters. The molecule has 0 aliphatic heterocycles. The first kappa shape index (κ1) is 8.94. The number of hydrogen-bond donors (Lipinski definition) is 0. The Labute approximate surface area is 74.3 Å². The Hall–Kier alpha value is -2.15. The highest BCUT2D eigenvalue weighted by atomic mass is 16.6. The van der Waals surface area contributed by atoms with Gasteiger partial charge in [-0.3, -0.25) is 14.9 Å². The van der Waals surface area contributed by atoms with Crippen LogP contribution in [0.5, 0.6) is 0 Å². The van der Waals surface area contributed by atoms with Gasteiger partial charge < -0.3 is 0 Å². The quantitative estimate of drug-likeness (QED) is 0.224. The molecular formula is C9H5NO3. The molecule has 0 aliphatic carbocycles. The highest BCUT2D eigenvalue weighted by Gasteiger charge is 2.06. The molecule has 0 bridgehead atoms. The number of Topliss-reactive ketones (excluding diaryl/α,β-unsaturated/α-hetero) is 1. The summed E-state index contributed by atoms with van der Waals surface area (Å²) in [4.78, 5) is 20.6. The van der Waals surface area contributed by atoms with Gasteiger partial charge in [0.25, 0.3) is 5.69 Å². The number of carbonyl (C=O) groups excluding carboxylic acids is 1. The Morgan fingerprint density at radius 3 is 2.31 bits per heavy atom. The highest BCUT2D eigenvalue weighted by Crippen LogP contribution is 2.11. The van der Waals surface area contributed by atoms with Crippen molar-refractivity contribution in [2.45, 2.75) is 0 Å². The first-order valence-corrected chi connectivity index (χ1v) is 3.40. The topological polar surface area (TPSA) is 60.2 Å². The zero-order valence-corrected chi connectivity index (χ0v) is 6.56. The van der Waals surface area contributed by atoms with E-state index in [0.717, 1.165) is 0 Å². The van der Waals surface area contributed by atoms with Crippen LogP contribution in [0.25, 0.3) is 0 Å². The number of nitrogens with zero attached hydrogens (tertiary/aromatic N) is 1. The Morgan fingerprint density at radius 1 is 1.38 bits per heavy atom. The lowest BCUT2D eigenvalue weighted by molar-refractivity contribution is -0.384. The van der Waals surface area contributed by atoms with E-state index in [1.54, 1.807) is 0 Å². The molecule has 0 unspecified atom stereocenters. The zero-order chi connectivity index (χ0) is 9.84. The maximum atomic E-state index is 10.9. The minimum absolute atomic E-state index is 0.0615. The third-order valence-electron chi connectivity index (χ3n) is 1.47. The summed E-state index contributed by atoms with van der Waals surface area (Å²) >= 11 is 0. The second-order valence-electron chi connectivity index (χ2n) is 2.28. The molecule has 1 aromatic carbocycles. The number of benzene rings is 1. The van der Waals surface area contributed by atoms with Crippen molar-refractivity contribution in [2.24, 2.45) is 0 Å². The Kier molecular flexibility index (Phi) is 2.41. The van der Waals surface area contributed by atoms with E-state index in [2.05, 4.69) is 0 Å². The van der Waals surface area contributed by atoms with Crippen molar-refractivity contribution in [1.29, 1.82) is 0 Å². The molecule has 64 valence electrons. The number of non-ortho nitro benzene ring substituents is 1. The number of nitro groups is 1. The van der Waals surface area contributed by atoms with Crippen LogP contribution in [0.4, 0.5) is 5.69 Å². The van der Waals surface area contributed by atoms with Crippen molar-refractivity contribution in [3.8, 4) is 12.3 Å². The van der Waals surface area contributed by atoms with Gasteiger partial charge in [-0.25, -0.2) is 0 Å². The average Bonchev–Trinajstić information content (AvgIpc) is 2.17. The molecule has 0 radical (unpaired) electrons. The molecule has 0 aromatic heterocycles. The van der Waals surface area contributed by atoms with Gasteiger partial charge in [-0.15, -0.1) is 6.42 Å². The van der Waals surface area contributed by atoms with Crippen LogP contribution in [-0.2, 0) is 0 Å². The zero-order valence-electron chi connectivity index (χ0n) is 6.56. The predicted octanol–water partition coefficient (Wildman–Crippen LogP) is 1.41. The SMILES string of the molecule is C#CC(=O)c1ccc([N+](=O)[O-])cc1. The number of ketones is 1. The third kappa shape index (κ3) is 1.91. The fraction of sp³-hybridized carbons (Fsp3) is 0. The minimum atomic E-state index is -0.538. The summed E-state index contributed by atoms with van der Waals surface area (Å²) < 4.78 is 0. The van der Waals surface area contributed by atoms with E-state index in [-0.39, 0.29) is 11.3 Å². The van der Waals surface area contributed by atoms with Crippen LogP contribution < -0.4 is 0 Å². The molecule has 0 N–H and O–H groups in total. The molecule has 1 rings (SSSR count). The third-order valence-corrected chi connectivity index (χ3v) is 1.47. The Morgan fingerprint density at radius 2 is 1.92 bits per heavy atom. The number of hydrogen-bond acceptors (Lipinski definition) is 3. The van der Waals surface area contributed by atoms with Crippen LogP contribution in [0.3, 0.4) is 0 Å². The lowest BCUT2D eigenvalue weighted by atomic mass is 10.1. The van der Waals surface area contributed by atoms with E-state index >= 15 is 0 Å². The molecule has 0 aliphatic rings. The monoisotopic (exact) mass is 175 g/mol. The van der Waals surface area contributed by atoms with Crippen LogP contribution in [0, 0.1) is 22.5 Å². The van der Waals surface area contributed by atoms with E-state index < -0.39 is 10.7 Å². The normalized spacial score (nSPS) is 8.85. The van der Waals surface area contributed by atoms with Crippen molar-refractivity contribution in [3.05, 3.63) is 39.9 Å². The summed E-state index contributed by atoms with van der Waals surface area (Å²) in [5.41, 5.74) is 0.224. The van der Waals surface area contributed by atoms with Crippen molar-refractivity contribution >= 4 is 11.5 Å². The average molecular weight is 175 g/mol. The molecule has 0 amide bonds. The van der Waals surface area contributed by atoms with Gasteiger partial charge in [0.15, 0.2) is 0 Å². The van der Waals surface area contributed by atoms with Crippen LogP contribution in [0.2, 0.25) is 0 Å². The number of nitro benzene ring substituents is 1. The predicted molar refractivity (Wildman–Crippen MR) is 46.3 cm³/mol. The second-order valence-corrected chi connectivity index (χ2v) is 2.28. The molecule has 0 saturated heterocycles. The smallest absolute Gasteiger partial charge is 0.269 e. The van der Waals surface area contributed by atoms with E-state index in [4.69, 9.17) is 6.42 Å². The molecule has 13 heavy (non-hydrogen) atoms. The van der Waals surface area contributed by atoms with Gasteiger partial charge in [0.2, 0.25) is 5.78 Å². The largest absolute Gasteiger partial charge is 0.279 e. The van der Waals surface area contributed by atoms with Gasteiger partial charge in [-0.1, -0.05) is 0 Å². The van der Waals surface area contributed by atoms with Gasteiger partial charge >= 0.3 is 0 Å². The summed E-state index contributed by atoms with van der Waals surface area (Å²) in [6.07, 6.45) is 4.87. The Balaban J connectivity index is 3.02. The minimum Gasteiger partial charge on any atom is -0.279 e. The van der Waals surface area contributed by atoms with Gasteiger partial charge in [-0.05, 0) is 18.1 Å². The van der Waals surface area contributed by atoms with Crippen LogP contribution in [0.15, 0.2) is 24.3 Å². The van der Waals surface area contributed by atoms with Gasteiger partial charge in [0, 0.05) is 17.7 Å². The molecule has 0 fully saturated rings. The van der Waals surface area contributed by atoms with Crippen molar-refractivity contribution in [2.75, 3.05) is 0 Å². The van der Waals surface area contributed by atoms with E-state index in [1.807, 2.05) is 5.92 Å². The first-order chi connectivity index (χ1) is 6.15. The van der Waals surface area contributed by atoms with Crippen LogP contribution >= 0.6 is 0 Å². The van der Waals surface area contributed by atoms with Crippen LogP contribution in [-0.4, -0.2) is 10.7 Å². The summed E-state index contributed by atoms with van der Waals surface area (Å²) in [5.74, 6) is 1.44. The van der Waals surface area contributed by atoms with Gasteiger partial charge in [0.05, 0.1) is 4.92 Å². The summed E-state index contributed by atoms with van der Waals surface area (Å²) in [5, 5.41) is 10.2. The van der Waals surface area contributed by atoms with Gasteiger partial charge in [-0.2, -0.15) is 0 Å². The van der Waals surface area contributed by atoms with Gasteiger partial charge in [0.1, 0.15) is 0 Å². The maximum Gasteiger partial charge on any atom is 0.269 e. The van der Waals surface area contributed by atoms with Crippen LogP contribution in [0.1, 0.15) is 10.4 Å². The summed E-state index contributed by atoms with van der Waals surface area (Å²) in [6, 6.07) is 5.15. The second kappa shape index (κ2) is 3.50. The number of carbonyl (C=O) groups is 1. The molecule has 0 spiro atoms. The molecule has 4 heteroatoms. The fourth-order valence-corrected chi connectivity index (χ4v) is 0.818. The standard InChI is InChI=1S/C9H5NO3/c1-2-9(11)7-3-5-8(6-4-7)10(12)13/h1,3-6H. The molecule has 0 saturated carbocycles. The van der Waals surface area contributed by atoms with Crippen molar-refractivity contribution < 1.29 is 9.72 Å². The summed E-state index contributed by atoms with van der Waals surface area (Å²) in [6.45, 7) is 0. The molecular weight excluding hydrogens is 170 g/mol. The lowest BCUT2D eigenvalue weighted by Gasteiger charge is -1.92. The fourth-order valence-electron chi connectivity index (χ4n) is 0.818. The lowest BCUT2D eigenvalue weighted by Crippen LogP contribution is -1.94. The molecule has 4 nitrogen and oxygen atoms in total. The van der Waals surface area contributed by atoms with E-state index in [1.165, 1.54) is 24.3 Å². The van der Waals surface area contributed by atoms with Crippen molar-refractivity contribution in [1.82, 2.24) is 0 Å². The summed E-state index contributed by atoms with van der Waals surface area (Å²) in [7, 11) is 0. The molecule has 0 heterocycles. The maximum absolute atomic E-state index is 10.9. The number of rotatable bonds is 2. The molecule has 1 aromatic rings. The number of terminal acetylenes is 1. The van der Waals surface area contributed by atoms with E-state index in [0.29, 0.717) is 0 Å². The van der Waals surface area contributed by atoms with Crippen molar-refractivity contribution in [3.63, 3.8) is 0 Å². The Bertz CT molecular complexity index is 386. The highest BCUT2D eigenvalue weighted by molar-refractivity contribution is 6.08. The first-order valence-electron chi connectivity index (χ1n) is 3.40. The van der Waals surface area contributed by atoms with E-state index in [9.17, 15) is 14.9 Å².